The zero-order chi connectivity index (χ0) is 12.2. The molecule has 0 aromatic rings. The lowest BCUT2D eigenvalue weighted by atomic mass is 9.90. The van der Waals surface area contributed by atoms with Crippen molar-refractivity contribution in [3.8, 4) is 0 Å². The zero-order valence-corrected chi connectivity index (χ0v) is 11.5. The molecule has 0 spiro atoms. The van der Waals surface area contributed by atoms with E-state index in [0.717, 1.165) is 6.42 Å². The molecule has 1 N–H and O–H groups in total. The van der Waals surface area contributed by atoms with Crippen molar-refractivity contribution in [1.29, 1.82) is 0 Å². The molecule has 0 radical (unpaired) electrons. The van der Waals surface area contributed by atoms with Gasteiger partial charge < -0.3 is 10.0 Å². The van der Waals surface area contributed by atoms with Crippen LogP contribution in [-0.2, 0) is 0 Å². The predicted octanol–water partition coefficient (Wildman–Crippen LogP) is 3.05. The Morgan fingerprint density at radius 1 is 1.31 bits per heavy atom. The van der Waals surface area contributed by atoms with E-state index >= 15 is 0 Å². The Bertz CT molecular complexity index is 195. The molecule has 1 aliphatic heterocycles. The van der Waals surface area contributed by atoms with E-state index in [1.807, 2.05) is 6.92 Å². The number of rotatable bonds is 4. The first-order valence-electron chi connectivity index (χ1n) is 6.80. The molecule has 0 aromatic heterocycles. The number of aliphatic hydroxyl groups is 1. The highest BCUT2D eigenvalue weighted by molar-refractivity contribution is 4.79. The molecule has 0 aliphatic carbocycles. The van der Waals surface area contributed by atoms with Crippen molar-refractivity contribution in [2.75, 3.05) is 13.1 Å². The van der Waals surface area contributed by atoms with Crippen molar-refractivity contribution in [2.45, 2.75) is 71.9 Å². The minimum absolute atomic E-state index is 0.153. The topological polar surface area (TPSA) is 23.5 Å². The average molecular weight is 227 g/mol. The minimum atomic E-state index is -0.153. The summed E-state index contributed by atoms with van der Waals surface area (Å²) in [4.78, 5) is 2.60. The molecule has 1 rings (SSSR count). The van der Waals surface area contributed by atoms with Crippen LogP contribution in [-0.4, -0.2) is 35.2 Å². The molecule has 0 amide bonds. The Kier molecular flexibility index (Phi) is 5.26. The van der Waals surface area contributed by atoms with Gasteiger partial charge in [0, 0.05) is 6.04 Å². The summed E-state index contributed by atoms with van der Waals surface area (Å²) in [5.74, 6) is 0. The van der Waals surface area contributed by atoms with Crippen LogP contribution in [0.3, 0.4) is 0 Å². The molecule has 2 unspecified atom stereocenters. The highest BCUT2D eigenvalue weighted by atomic mass is 16.3. The van der Waals surface area contributed by atoms with E-state index in [9.17, 15) is 5.11 Å². The standard InChI is InChI=1S/C14H29NO/c1-12(16)11-13-7-5-6-9-15(13)10-8-14(2,3)4/h12-13,16H,5-11H2,1-4H3. The molecule has 0 bridgehead atoms. The van der Waals surface area contributed by atoms with Crippen molar-refractivity contribution in [3.05, 3.63) is 0 Å². The van der Waals surface area contributed by atoms with Crippen LogP contribution >= 0.6 is 0 Å². The van der Waals surface area contributed by atoms with Gasteiger partial charge in [-0.25, -0.2) is 0 Å². The molecular formula is C14H29NO. The first kappa shape index (κ1) is 14.0. The molecule has 1 saturated heterocycles. The van der Waals surface area contributed by atoms with Gasteiger partial charge in [-0.3, -0.25) is 0 Å². The van der Waals surface area contributed by atoms with Crippen molar-refractivity contribution in [2.24, 2.45) is 5.41 Å². The van der Waals surface area contributed by atoms with Gasteiger partial charge >= 0.3 is 0 Å². The number of hydrogen-bond acceptors (Lipinski definition) is 2. The second-order valence-electron chi connectivity index (χ2n) is 6.58. The molecule has 0 saturated carbocycles. The fraction of sp³-hybridized carbons (Fsp3) is 1.00. The molecule has 96 valence electrons. The number of piperidine rings is 1. The lowest BCUT2D eigenvalue weighted by molar-refractivity contribution is 0.0788. The van der Waals surface area contributed by atoms with E-state index in [4.69, 9.17) is 0 Å². The largest absolute Gasteiger partial charge is 0.393 e. The summed E-state index contributed by atoms with van der Waals surface area (Å²) in [6.45, 7) is 11.3. The third kappa shape index (κ3) is 5.31. The quantitative estimate of drug-likeness (QED) is 0.798. The fourth-order valence-corrected chi connectivity index (χ4v) is 2.49. The zero-order valence-electron chi connectivity index (χ0n) is 11.5. The number of nitrogens with zero attached hydrogens (tertiary/aromatic N) is 1. The molecule has 1 fully saturated rings. The summed E-state index contributed by atoms with van der Waals surface area (Å²) >= 11 is 0. The van der Waals surface area contributed by atoms with Gasteiger partial charge in [0.15, 0.2) is 0 Å². The first-order valence-corrected chi connectivity index (χ1v) is 6.80. The Hall–Kier alpha value is -0.0800. The summed E-state index contributed by atoms with van der Waals surface area (Å²) in [6, 6.07) is 0.621. The van der Waals surface area contributed by atoms with Gasteiger partial charge in [-0.1, -0.05) is 27.2 Å². The Labute approximate surface area is 101 Å². The minimum Gasteiger partial charge on any atom is -0.393 e. The van der Waals surface area contributed by atoms with E-state index in [1.54, 1.807) is 0 Å². The average Bonchev–Trinajstić information content (AvgIpc) is 2.14. The number of hydrogen-bond donors (Lipinski definition) is 1. The Morgan fingerprint density at radius 2 is 2.00 bits per heavy atom. The van der Waals surface area contributed by atoms with Crippen LogP contribution < -0.4 is 0 Å². The smallest absolute Gasteiger partial charge is 0.0527 e. The van der Waals surface area contributed by atoms with E-state index in [0.29, 0.717) is 11.5 Å². The van der Waals surface area contributed by atoms with Crippen LogP contribution in [0.25, 0.3) is 0 Å². The van der Waals surface area contributed by atoms with Crippen LogP contribution in [0.5, 0.6) is 0 Å². The SMILES string of the molecule is CC(O)CC1CCCCN1CCC(C)(C)C. The molecule has 16 heavy (non-hydrogen) atoms. The van der Waals surface area contributed by atoms with Crippen LogP contribution in [0.2, 0.25) is 0 Å². The summed E-state index contributed by atoms with van der Waals surface area (Å²) < 4.78 is 0. The maximum Gasteiger partial charge on any atom is 0.0527 e. The first-order chi connectivity index (χ1) is 7.38. The van der Waals surface area contributed by atoms with Gasteiger partial charge in [0.2, 0.25) is 0 Å². The fourth-order valence-electron chi connectivity index (χ4n) is 2.49. The van der Waals surface area contributed by atoms with Crippen LogP contribution in [0, 0.1) is 5.41 Å². The summed E-state index contributed by atoms with van der Waals surface area (Å²) in [7, 11) is 0. The van der Waals surface area contributed by atoms with Gasteiger partial charge in [-0.05, 0) is 51.1 Å². The van der Waals surface area contributed by atoms with Crippen LogP contribution in [0.1, 0.15) is 59.8 Å². The highest BCUT2D eigenvalue weighted by Crippen LogP contribution is 2.25. The lowest BCUT2D eigenvalue weighted by Gasteiger charge is -2.37. The van der Waals surface area contributed by atoms with Gasteiger partial charge in [-0.15, -0.1) is 0 Å². The molecule has 2 heteroatoms. The Balaban J connectivity index is 2.41. The second kappa shape index (κ2) is 6.02. The maximum atomic E-state index is 9.52. The van der Waals surface area contributed by atoms with E-state index in [-0.39, 0.29) is 6.10 Å². The molecule has 2 nitrogen and oxygen atoms in total. The molecular weight excluding hydrogens is 198 g/mol. The molecule has 1 heterocycles. The van der Waals surface area contributed by atoms with Gasteiger partial charge in [0.1, 0.15) is 0 Å². The second-order valence-corrected chi connectivity index (χ2v) is 6.58. The summed E-state index contributed by atoms with van der Waals surface area (Å²) in [5, 5.41) is 9.52. The summed E-state index contributed by atoms with van der Waals surface area (Å²) in [6.07, 6.45) is 5.99. The highest BCUT2D eigenvalue weighted by Gasteiger charge is 2.24. The van der Waals surface area contributed by atoms with Crippen molar-refractivity contribution in [1.82, 2.24) is 4.90 Å². The van der Waals surface area contributed by atoms with Gasteiger partial charge in [-0.2, -0.15) is 0 Å². The van der Waals surface area contributed by atoms with Crippen molar-refractivity contribution < 1.29 is 5.11 Å². The van der Waals surface area contributed by atoms with Crippen LogP contribution in [0.4, 0.5) is 0 Å². The van der Waals surface area contributed by atoms with Crippen LogP contribution in [0.15, 0.2) is 0 Å². The maximum absolute atomic E-state index is 9.52. The van der Waals surface area contributed by atoms with Gasteiger partial charge in [0.25, 0.3) is 0 Å². The third-order valence-corrected chi connectivity index (χ3v) is 3.51. The molecule has 2 atom stereocenters. The predicted molar refractivity (Wildman–Crippen MR) is 69.6 cm³/mol. The molecule has 0 aromatic carbocycles. The number of aliphatic hydroxyl groups excluding tert-OH is 1. The van der Waals surface area contributed by atoms with E-state index < -0.39 is 0 Å². The van der Waals surface area contributed by atoms with Gasteiger partial charge in [0.05, 0.1) is 6.10 Å². The normalized spacial score (nSPS) is 25.7. The van der Waals surface area contributed by atoms with Crippen molar-refractivity contribution in [3.63, 3.8) is 0 Å². The lowest BCUT2D eigenvalue weighted by Crippen LogP contribution is -2.42. The van der Waals surface area contributed by atoms with E-state index in [2.05, 4.69) is 25.7 Å². The molecule has 1 aliphatic rings. The third-order valence-electron chi connectivity index (χ3n) is 3.51. The van der Waals surface area contributed by atoms with Crippen molar-refractivity contribution >= 4 is 0 Å². The monoisotopic (exact) mass is 227 g/mol. The Morgan fingerprint density at radius 3 is 2.56 bits per heavy atom. The number of likely N-dealkylation sites (tertiary alicyclic amines) is 1. The van der Waals surface area contributed by atoms with E-state index in [1.165, 1.54) is 38.8 Å². The summed E-state index contributed by atoms with van der Waals surface area (Å²) in [5.41, 5.74) is 0.423.